The molecule has 2 aromatic rings. The number of pyridine rings is 1. The molecule has 2 nitrogen and oxygen atoms in total. The number of hydrogen-bond donors (Lipinski definition) is 0. The summed E-state index contributed by atoms with van der Waals surface area (Å²) in [6.07, 6.45) is 0. The van der Waals surface area contributed by atoms with Crippen molar-refractivity contribution in [1.82, 2.24) is 4.98 Å². The van der Waals surface area contributed by atoms with Gasteiger partial charge in [0.05, 0.1) is 37.4 Å². The molecular formula is C16H22ClN2+. The summed E-state index contributed by atoms with van der Waals surface area (Å²) in [5.74, 6) is 0.521. The number of fused-ring (bicyclic) bond motifs is 1. The van der Waals surface area contributed by atoms with Crippen molar-refractivity contribution in [1.29, 1.82) is 0 Å². The van der Waals surface area contributed by atoms with Gasteiger partial charge in [-0.1, -0.05) is 43.6 Å². The van der Waals surface area contributed by atoms with Crippen LogP contribution in [0.3, 0.4) is 0 Å². The van der Waals surface area contributed by atoms with Gasteiger partial charge in [0, 0.05) is 11.3 Å². The molecule has 0 radical (unpaired) electrons. The fraction of sp³-hybridized carbons (Fsp3) is 0.438. The Hall–Kier alpha value is -1.12. The van der Waals surface area contributed by atoms with Gasteiger partial charge in [0.25, 0.3) is 0 Å². The quantitative estimate of drug-likeness (QED) is 0.763. The van der Waals surface area contributed by atoms with Crippen molar-refractivity contribution in [2.45, 2.75) is 19.9 Å². The topological polar surface area (TPSA) is 12.9 Å². The van der Waals surface area contributed by atoms with Gasteiger partial charge in [-0.05, 0) is 12.1 Å². The first-order chi connectivity index (χ1) is 8.80. The zero-order valence-electron chi connectivity index (χ0n) is 12.3. The minimum absolute atomic E-state index is 0.362. The summed E-state index contributed by atoms with van der Waals surface area (Å²) in [5.41, 5.74) is 2.02. The number of para-hydroxylation sites is 1. The summed E-state index contributed by atoms with van der Waals surface area (Å²) in [5, 5.41) is 1.82. The molecular weight excluding hydrogens is 256 g/mol. The van der Waals surface area contributed by atoms with Crippen LogP contribution in [0.1, 0.15) is 25.6 Å². The van der Waals surface area contributed by atoms with E-state index in [1.54, 1.807) is 0 Å². The molecule has 0 aliphatic carbocycles. The number of quaternary nitrogens is 1. The Morgan fingerprint density at radius 2 is 1.74 bits per heavy atom. The number of hydrogen-bond acceptors (Lipinski definition) is 1. The van der Waals surface area contributed by atoms with Gasteiger partial charge in [0.1, 0.15) is 6.04 Å². The molecule has 19 heavy (non-hydrogen) atoms. The molecule has 0 N–H and O–H groups in total. The summed E-state index contributed by atoms with van der Waals surface area (Å²) < 4.78 is 0.862. The Morgan fingerprint density at radius 3 is 2.32 bits per heavy atom. The smallest absolute Gasteiger partial charge is 0.133 e. The average molecular weight is 278 g/mol. The molecule has 0 spiro atoms. The first kappa shape index (κ1) is 14.3. The fourth-order valence-electron chi connectivity index (χ4n) is 2.92. The van der Waals surface area contributed by atoms with Crippen LogP contribution in [0.2, 0.25) is 5.02 Å². The molecule has 0 saturated heterocycles. The molecule has 0 bridgehead atoms. The molecule has 0 fully saturated rings. The lowest BCUT2D eigenvalue weighted by Crippen LogP contribution is -2.41. The molecule has 1 aromatic carbocycles. The summed E-state index contributed by atoms with van der Waals surface area (Å²) in [6, 6.07) is 10.5. The third kappa shape index (κ3) is 2.90. The van der Waals surface area contributed by atoms with Gasteiger partial charge in [-0.3, -0.25) is 0 Å². The standard InChI is InChI=1S/C16H22ClN2/c1-11(2)16(19(3,4)5)14-10-9-12-7-6-8-13(17)15(12)18-14/h6-11,16H,1-5H3/q+1. The van der Waals surface area contributed by atoms with E-state index in [-0.39, 0.29) is 0 Å². The maximum absolute atomic E-state index is 6.26. The van der Waals surface area contributed by atoms with Gasteiger partial charge in [-0.2, -0.15) is 0 Å². The maximum atomic E-state index is 6.26. The molecule has 0 aliphatic heterocycles. The fourth-order valence-corrected chi connectivity index (χ4v) is 3.15. The van der Waals surface area contributed by atoms with Crippen LogP contribution in [0, 0.1) is 5.92 Å². The van der Waals surface area contributed by atoms with Gasteiger partial charge in [-0.15, -0.1) is 0 Å². The molecule has 1 atom stereocenters. The van der Waals surface area contributed by atoms with Crippen LogP contribution in [0.5, 0.6) is 0 Å². The van der Waals surface area contributed by atoms with E-state index < -0.39 is 0 Å². The van der Waals surface area contributed by atoms with Gasteiger partial charge in [0.2, 0.25) is 0 Å². The Morgan fingerprint density at radius 1 is 1.05 bits per heavy atom. The maximum Gasteiger partial charge on any atom is 0.133 e. The highest BCUT2D eigenvalue weighted by Gasteiger charge is 2.30. The van der Waals surface area contributed by atoms with Crippen LogP contribution in [0.25, 0.3) is 10.9 Å². The van der Waals surface area contributed by atoms with Crippen molar-refractivity contribution >= 4 is 22.5 Å². The van der Waals surface area contributed by atoms with Crippen molar-refractivity contribution < 1.29 is 4.48 Å². The van der Waals surface area contributed by atoms with Crippen LogP contribution in [0.4, 0.5) is 0 Å². The highest BCUT2D eigenvalue weighted by Crippen LogP contribution is 2.31. The summed E-state index contributed by atoms with van der Waals surface area (Å²) in [4.78, 5) is 4.82. The Labute approximate surface area is 120 Å². The number of aromatic nitrogens is 1. The monoisotopic (exact) mass is 277 g/mol. The first-order valence-corrected chi connectivity index (χ1v) is 7.05. The lowest BCUT2D eigenvalue weighted by molar-refractivity contribution is -0.906. The van der Waals surface area contributed by atoms with Gasteiger partial charge >= 0.3 is 0 Å². The molecule has 0 saturated carbocycles. The number of rotatable bonds is 3. The summed E-state index contributed by atoms with van der Waals surface area (Å²) in [6.45, 7) is 4.49. The predicted molar refractivity (Wildman–Crippen MR) is 82.4 cm³/mol. The Kier molecular flexibility index (Phi) is 3.84. The molecule has 1 unspecified atom stereocenters. The largest absolute Gasteiger partial charge is 0.323 e. The highest BCUT2D eigenvalue weighted by molar-refractivity contribution is 6.35. The van der Waals surface area contributed by atoms with Crippen molar-refractivity contribution in [2.75, 3.05) is 21.1 Å². The van der Waals surface area contributed by atoms with Crippen LogP contribution in [-0.2, 0) is 0 Å². The van der Waals surface area contributed by atoms with Crippen molar-refractivity contribution in [3.63, 3.8) is 0 Å². The van der Waals surface area contributed by atoms with E-state index in [4.69, 9.17) is 16.6 Å². The normalized spacial score (nSPS) is 14.1. The van der Waals surface area contributed by atoms with Gasteiger partial charge < -0.3 is 4.48 Å². The third-order valence-corrected chi connectivity index (χ3v) is 3.77. The van der Waals surface area contributed by atoms with Crippen LogP contribution in [0.15, 0.2) is 30.3 Å². The predicted octanol–water partition coefficient (Wildman–Crippen LogP) is 4.29. The second-order valence-corrected chi connectivity index (χ2v) is 6.76. The van der Waals surface area contributed by atoms with E-state index >= 15 is 0 Å². The van der Waals surface area contributed by atoms with Gasteiger partial charge in [-0.25, -0.2) is 4.98 Å². The molecule has 0 amide bonds. The zero-order chi connectivity index (χ0) is 14.2. The Balaban J connectivity index is 2.59. The molecule has 102 valence electrons. The molecule has 1 heterocycles. The minimum Gasteiger partial charge on any atom is -0.323 e. The SMILES string of the molecule is CC(C)C(c1ccc2cccc(Cl)c2n1)[N+](C)(C)C. The second-order valence-electron chi connectivity index (χ2n) is 6.35. The molecule has 0 aliphatic rings. The first-order valence-electron chi connectivity index (χ1n) is 6.67. The van der Waals surface area contributed by atoms with Crippen LogP contribution >= 0.6 is 11.6 Å². The van der Waals surface area contributed by atoms with E-state index in [0.717, 1.165) is 26.1 Å². The lowest BCUT2D eigenvalue weighted by atomic mass is 9.97. The number of nitrogens with zero attached hydrogens (tertiary/aromatic N) is 2. The van der Waals surface area contributed by atoms with Crippen LogP contribution < -0.4 is 0 Å². The number of halogens is 1. The third-order valence-electron chi connectivity index (χ3n) is 3.46. The summed E-state index contributed by atoms with van der Waals surface area (Å²) in [7, 11) is 6.63. The van der Waals surface area contributed by atoms with Crippen LogP contribution in [-0.4, -0.2) is 30.6 Å². The van der Waals surface area contributed by atoms with E-state index in [1.165, 1.54) is 0 Å². The average Bonchev–Trinajstić information content (AvgIpc) is 2.28. The molecule has 2 rings (SSSR count). The van der Waals surface area contributed by atoms with Gasteiger partial charge in [0.15, 0.2) is 0 Å². The van der Waals surface area contributed by atoms with E-state index in [2.05, 4.69) is 47.1 Å². The second kappa shape index (κ2) is 5.10. The lowest BCUT2D eigenvalue weighted by Gasteiger charge is -2.36. The Bertz CT molecular complexity index is 585. The van der Waals surface area contributed by atoms with Crippen molar-refractivity contribution in [3.8, 4) is 0 Å². The molecule has 3 heteroatoms. The van der Waals surface area contributed by atoms with E-state index in [0.29, 0.717) is 12.0 Å². The van der Waals surface area contributed by atoms with Crippen molar-refractivity contribution in [2.24, 2.45) is 5.92 Å². The summed E-state index contributed by atoms with van der Waals surface area (Å²) >= 11 is 6.26. The number of benzene rings is 1. The van der Waals surface area contributed by atoms with E-state index in [1.807, 2.05) is 18.2 Å². The zero-order valence-corrected chi connectivity index (χ0v) is 13.1. The minimum atomic E-state index is 0.362. The van der Waals surface area contributed by atoms with Crippen molar-refractivity contribution in [3.05, 3.63) is 41.0 Å². The molecule has 1 aromatic heterocycles. The van der Waals surface area contributed by atoms with E-state index in [9.17, 15) is 0 Å². The highest BCUT2D eigenvalue weighted by atomic mass is 35.5.